The van der Waals surface area contributed by atoms with Gasteiger partial charge in [0, 0.05) is 12.6 Å². The van der Waals surface area contributed by atoms with E-state index in [2.05, 4.69) is 10.5 Å². The van der Waals surface area contributed by atoms with E-state index in [1.54, 1.807) is 13.0 Å². The number of aliphatic hydroxyl groups is 1. The Balaban J connectivity index is 1.87. The number of nitrogens with one attached hydrogen (secondary N) is 1. The molecule has 1 aromatic rings. The zero-order chi connectivity index (χ0) is 12.3. The molecule has 94 valence electrons. The molecular weight excluding hydrogens is 220 g/mol. The van der Waals surface area contributed by atoms with Gasteiger partial charge in [0.1, 0.15) is 5.76 Å². The number of rotatable bonds is 3. The topological polar surface area (TPSA) is 75.4 Å². The summed E-state index contributed by atoms with van der Waals surface area (Å²) in [6, 6.07) is 1.58. The van der Waals surface area contributed by atoms with Crippen molar-refractivity contribution in [3.05, 3.63) is 17.5 Å². The normalized spacial score (nSPS) is 18.9. The lowest BCUT2D eigenvalue weighted by molar-refractivity contribution is 0.00518. The van der Waals surface area contributed by atoms with Crippen LogP contribution in [-0.4, -0.2) is 28.3 Å². The van der Waals surface area contributed by atoms with Crippen LogP contribution < -0.4 is 5.32 Å². The van der Waals surface area contributed by atoms with Crippen molar-refractivity contribution >= 4 is 5.91 Å². The van der Waals surface area contributed by atoms with Gasteiger partial charge in [-0.15, -0.1) is 0 Å². The highest BCUT2D eigenvalue weighted by Gasteiger charge is 2.29. The fraction of sp³-hybridized carbons (Fsp3) is 0.667. The smallest absolute Gasteiger partial charge is 0.273 e. The van der Waals surface area contributed by atoms with E-state index in [9.17, 15) is 9.90 Å². The van der Waals surface area contributed by atoms with Gasteiger partial charge in [-0.25, -0.2) is 0 Å². The van der Waals surface area contributed by atoms with Crippen LogP contribution in [0, 0.1) is 6.92 Å². The zero-order valence-corrected chi connectivity index (χ0v) is 10.0. The summed E-state index contributed by atoms with van der Waals surface area (Å²) >= 11 is 0. The first-order valence-electron chi connectivity index (χ1n) is 6.03. The van der Waals surface area contributed by atoms with Crippen LogP contribution in [0.1, 0.15) is 48.4 Å². The average Bonchev–Trinajstić information content (AvgIpc) is 2.74. The second-order valence-electron chi connectivity index (χ2n) is 4.79. The summed E-state index contributed by atoms with van der Waals surface area (Å²) in [5.41, 5.74) is -0.478. The molecule has 0 atom stereocenters. The summed E-state index contributed by atoms with van der Waals surface area (Å²) < 4.78 is 4.83. The molecule has 5 heteroatoms. The van der Waals surface area contributed by atoms with Gasteiger partial charge in [-0.3, -0.25) is 4.79 Å². The summed E-state index contributed by atoms with van der Waals surface area (Å²) in [5, 5.41) is 16.6. The highest BCUT2D eigenvalue weighted by molar-refractivity contribution is 5.92. The van der Waals surface area contributed by atoms with E-state index in [4.69, 9.17) is 4.52 Å². The van der Waals surface area contributed by atoms with E-state index in [1.807, 2.05) is 0 Å². The third-order valence-electron chi connectivity index (χ3n) is 3.22. The molecular formula is C12H18N2O3. The van der Waals surface area contributed by atoms with Crippen LogP contribution >= 0.6 is 0 Å². The monoisotopic (exact) mass is 238 g/mol. The van der Waals surface area contributed by atoms with Crippen LogP contribution in [0.5, 0.6) is 0 Å². The zero-order valence-electron chi connectivity index (χ0n) is 10.0. The minimum atomic E-state index is -0.743. The number of nitrogens with zero attached hydrogens (tertiary/aromatic N) is 1. The first kappa shape index (κ1) is 12.1. The van der Waals surface area contributed by atoms with Gasteiger partial charge in [0.25, 0.3) is 5.91 Å². The Morgan fingerprint density at radius 3 is 2.82 bits per heavy atom. The minimum Gasteiger partial charge on any atom is -0.388 e. The van der Waals surface area contributed by atoms with Crippen molar-refractivity contribution < 1.29 is 14.4 Å². The Bertz CT molecular complexity index is 394. The van der Waals surface area contributed by atoms with Crippen molar-refractivity contribution in [3.63, 3.8) is 0 Å². The Morgan fingerprint density at radius 2 is 2.24 bits per heavy atom. The summed E-state index contributed by atoms with van der Waals surface area (Å²) in [5.74, 6) is 0.312. The van der Waals surface area contributed by atoms with Gasteiger partial charge in [-0.05, 0) is 19.8 Å². The Hall–Kier alpha value is -1.36. The molecule has 0 aromatic carbocycles. The lowest BCUT2D eigenvalue weighted by Gasteiger charge is -2.31. The number of amides is 1. The standard InChI is InChI=1S/C12H18N2O3/c1-9-7-10(14-17-9)11(15)13-8-12(16)5-3-2-4-6-12/h7,16H,2-6,8H2,1H3,(H,13,15). The predicted molar refractivity (Wildman–Crippen MR) is 61.6 cm³/mol. The second kappa shape index (κ2) is 4.87. The summed E-state index contributed by atoms with van der Waals surface area (Å²) in [4.78, 5) is 11.7. The Morgan fingerprint density at radius 1 is 1.53 bits per heavy atom. The van der Waals surface area contributed by atoms with Gasteiger partial charge < -0.3 is 14.9 Å². The molecule has 0 aliphatic heterocycles. The van der Waals surface area contributed by atoms with Crippen LogP contribution in [0.25, 0.3) is 0 Å². The number of aromatic nitrogens is 1. The summed E-state index contributed by atoms with van der Waals surface area (Å²) in [7, 11) is 0. The van der Waals surface area contributed by atoms with Gasteiger partial charge in [-0.2, -0.15) is 0 Å². The van der Waals surface area contributed by atoms with Crippen LogP contribution in [0.15, 0.2) is 10.6 Å². The van der Waals surface area contributed by atoms with Crippen molar-refractivity contribution in [2.45, 2.75) is 44.6 Å². The maximum atomic E-state index is 11.7. The molecule has 2 N–H and O–H groups in total. The quantitative estimate of drug-likeness (QED) is 0.834. The van der Waals surface area contributed by atoms with Crippen molar-refractivity contribution in [3.8, 4) is 0 Å². The summed E-state index contributed by atoms with van der Waals surface area (Å²) in [6.45, 7) is 2.02. The van der Waals surface area contributed by atoms with Crippen molar-refractivity contribution in [1.29, 1.82) is 0 Å². The molecule has 1 heterocycles. The van der Waals surface area contributed by atoms with Crippen molar-refractivity contribution in [2.24, 2.45) is 0 Å². The lowest BCUT2D eigenvalue weighted by Crippen LogP contribution is -2.44. The number of hydrogen-bond acceptors (Lipinski definition) is 4. The average molecular weight is 238 g/mol. The molecule has 1 aliphatic carbocycles. The predicted octanol–water partition coefficient (Wildman–Crippen LogP) is 1.41. The van der Waals surface area contributed by atoms with E-state index >= 15 is 0 Å². The fourth-order valence-corrected chi connectivity index (χ4v) is 2.20. The van der Waals surface area contributed by atoms with Gasteiger partial charge in [-0.1, -0.05) is 24.4 Å². The van der Waals surface area contributed by atoms with Crippen molar-refractivity contribution in [2.75, 3.05) is 6.54 Å². The number of aryl methyl sites for hydroxylation is 1. The highest BCUT2D eigenvalue weighted by Crippen LogP contribution is 2.27. The molecule has 1 aliphatic rings. The molecule has 1 amide bonds. The van der Waals surface area contributed by atoms with Gasteiger partial charge in [0.15, 0.2) is 5.69 Å². The molecule has 5 nitrogen and oxygen atoms in total. The highest BCUT2D eigenvalue weighted by atomic mass is 16.5. The van der Waals surface area contributed by atoms with Crippen LogP contribution in [0.2, 0.25) is 0 Å². The first-order chi connectivity index (χ1) is 8.09. The third-order valence-corrected chi connectivity index (χ3v) is 3.22. The van der Waals surface area contributed by atoms with E-state index in [-0.39, 0.29) is 18.1 Å². The number of carbonyl (C=O) groups is 1. The summed E-state index contributed by atoms with van der Waals surface area (Å²) in [6.07, 6.45) is 4.72. The van der Waals surface area contributed by atoms with Crippen LogP contribution in [-0.2, 0) is 0 Å². The molecule has 1 saturated carbocycles. The SMILES string of the molecule is Cc1cc(C(=O)NCC2(O)CCCCC2)no1. The molecule has 1 aromatic heterocycles. The Labute approximate surface area is 100 Å². The molecule has 0 spiro atoms. The van der Waals surface area contributed by atoms with Crippen molar-refractivity contribution in [1.82, 2.24) is 10.5 Å². The fourth-order valence-electron chi connectivity index (χ4n) is 2.20. The molecule has 0 saturated heterocycles. The molecule has 1 fully saturated rings. The van der Waals surface area contributed by atoms with Gasteiger partial charge >= 0.3 is 0 Å². The third kappa shape index (κ3) is 3.06. The van der Waals surface area contributed by atoms with E-state index < -0.39 is 5.60 Å². The van der Waals surface area contributed by atoms with Crippen LogP contribution in [0.3, 0.4) is 0 Å². The van der Waals surface area contributed by atoms with Gasteiger partial charge in [0.05, 0.1) is 5.60 Å². The van der Waals surface area contributed by atoms with Gasteiger partial charge in [0.2, 0.25) is 0 Å². The maximum Gasteiger partial charge on any atom is 0.273 e. The molecule has 17 heavy (non-hydrogen) atoms. The lowest BCUT2D eigenvalue weighted by atomic mass is 9.85. The minimum absolute atomic E-state index is 0.266. The van der Waals surface area contributed by atoms with E-state index in [0.29, 0.717) is 5.76 Å². The first-order valence-corrected chi connectivity index (χ1v) is 6.03. The second-order valence-corrected chi connectivity index (χ2v) is 4.79. The van der Waals surface area contributed by atoms with Crippen LogP contribution in [0.4, 0.5) is 0 Å². The largest absolute Gasteiger partial charge is 0.388 e. The molecule has 0 radical (unpaired) electrons. The number of carbonyl (C=O) groups excluding carboxylic acids is 1. The Kier molecular flexibility index (Phi) is 3.47. The van der Waals surface area contributed by atoms with E-state index in [0.717, 1.165) is 25.7 Å². The number of hydrogen-bond donors (Lipinski definition) is 2. The molecule has 0 bridgehead atoms. The molecule has 2 rings (SSSR count). The molecule has 0 unspecified atom stereocenters. The van der Waals surface area contributed by atoms with E-state index in [1.165, 1.54) is 6.42 Å². The maximum absolute atomic E-state index is 11.7.